The number of aromatic nitrogens is 4. The maximum absolute atomic E-state index is 12.6. The summed E-state index contributed by atoms with van der Waals surface area (Å²) in [6.07, 6.45) is 1.67. The number of amides is 1. The molecule has 144 valence electrons. The number of carbonyl (C=O) groups excluding carboxylic acids is 1. The summed E-state index contributed by atoms with van der Waals surface area (Å²) in [7, 11) is 10.9. The number of benzene rings is 1. The highest BCUT2D eigenvalue weighted by molar-refractivity contribution is 6.68. The van der Waals surface area contributed by atoms with Crippen molar-refractivity contribution in [2.45, 2.75) is 13.8 Å². The van der Waals surface area contributed by atoms with Crippen LogP contribution in [0.4, 0.5) is 5.69 Å². The minimum Gasteiger partial charge on any atom is -0.339 e. The van der Waals surface area contributed by atoms with Crippen LogP contribution in [0.5, 0.6) is 0 Å². The summed E-state index contributed by atoms with van der Waals surface area (Å²) < 4.78 is 0. The molecule has 0 aliphatic heterocycles. The SMILES string of the molecule is Bc1c(B)c(B)c(-c2cc3cc(NC(=O)c4[nH]nc(C)c4C)cnc3[nH]2)c(B)c1B. The predicted molar refractivity (Wildman–Crippen MR) is 138 cm³/mol. The number of carbonyl (C=O) groups is 1. The Kier molecular flexibility index (Phi) is 4.92. The Morgan fingerprint density at radius 2 is 1.60 bits per heavy atom. The lowest BCUT2D eigenvalue weighted by molar-refractivity contribution is 0.102. The number of nitrogens with zero attached hydrogens (tertiary/aromatic N) is 2. The molecule has 0 atom stereocenters. The second-order valence-electron chi connectivity index (χ2n) is 8.11. The number of hydrogen-bond donors (Lipinski definition) is 3. The van der Waals surface area contributed by atoms with Gasteiger partial charge in [-0.1, -0.05) is 10.9 Å². The van der Waals surface area contributed by atoms with Crippen LogP contribution in [0.3, 0.4) is 0 Å². The molecule has 3 heterocycles. The van der Waals surface area contributed by atoms with Gasteiger partial charge in [0.25, 0.3) is 5.91 Å². The van der Waals surface area contributed by atoms with Crippen molar-refractivity contribution in [2.75, 3.05) is 5.32 Å². The molecule has 4 aromatic rings. The van der Waals surface area contributed by atoms with Crippen LogP contribution in [0, 0.1) is 13.8 Å². The summed E-state index contributed by atoms with van der Waals surface area (Å²) in [5, 5.41) is 10.8. The summed E-state index contributed by atoms with van der Waals surface area (Å²) in [4.78, 5) is 20.6. The number of hydrogen-bond acceptors (Lipinski definition) is 3. The first-order chi connectivity index (χ1) is 14.2. The topological polar surface area (TPSA) is 86.5 Å². The molecule has 3 N–H and O–H groups in total. The van der Waals surface area contributed by atoms with E-state index in [1.54, 1.807) is 6.20 Å². The highest BCUT2D eigenvalue weighted by atomic mass is 16.1. The van der Waals surface area contributed by atoms with Crippen LogP contribution < -0.4 is 32.6 Å². The van der Waals surface area contributed by atoms with E-state index in [1.165, 1.54) is 32.9 Å². The summed E-state index contributed by atoms with van der Waals surface area (Å²) in [6, 6.07) is 4.05. The number of fused-ring (bicyclic) bond motifs is 1. The molecule has 0 saturated carbocycles. The first-order valence-corrected chi connectivity index (χ1v) is 10.1. The minimum atomic E-state index is -0.221. The zero-order valence-electron chi connectivity index (χ0n) is 18.5. The second-order valence-corrected chi connectivity index (χ2v) is 8.11. The van der Waals surface area contributed by atoms with E-state index in [9.17, 15) is 4.79 Å². The largest absolute Gasteiger partial charge is 0.339 e. The molecule has 0 radical (unpaired) electrons. The molecule has 6 nitrogen and oxygen atoms in total. The molecular weight excluding hydrogens is 368 g/mol. The Bertz CT molecular complexity index is 1300. The van der Waals surface area contributed by atoms with Crippen molar-refractivity contribution in [3.05, 3.63) is 35.3 Å². The Balaban J connectivity index is 1.72. The fourth-order valence-electron chi connectivity index (χ4n) is 4.03. The molecule has 0 aliphatic rings. The summed E-state index contributed by atoms with van der Waals surface area (Å²) in [5.41, 5.74) is 12.4. The van der Waals surface area contributed by atoms with E-state index >= 15 is 0 Å². The van der Waals surface area contributed by atoms with E-state index < -0.39 is 0 Å². The molecule has 1 aromatic carbocycles. The lowest BCUT2D eigenvalue weighted by atomic mass is 9.60. The van der Waals surface area contributed by atoms with Gasteiger partial charge in [-0.3, -0.25) is 9.89 Å². The number of aromatic amines is 2. The van der Waals surface area contributed by atoms with Crippen molar-refractivity contribution in [1.82, 2.24) is 20.2 Å². The van der Waals surface area contributed by atoms with Crippen molar-refractivity contribution in [3.8, 4) is 11.3 Å². The fourth-order valence-corrected chi connectivity index (χ4v) is 4.03. The molecule has 0 aliphatic carbocycles. The van der Waals surface area contributed by atoms with Crippen molar-refractivity contribution < 1.29 is 4.79 Å². The summed E-state index contributed by atoms with van der Waals surface area (Å²) >= 11 is 0. The van der Waals surface area contributed by atoms with Gasteiger partial charge in [-0.25, -0.2) is 4.98 Å². The highest BCUT2D eigenvalue weighted by Gasteiger charge is 2.17. The van der Waals surface area contributed by atoms with E-state index in [1.807, 2.05) is 19.9 Å². The zero-order chi connectivity index (χ0) is 21.7. The third-order valence-corrected chi connectivity index (χ3v) is 6.48. The van der Waals surface area contributed by atoms with E-state index in [0.29, 0.717) is 11.4 Å². The molecule has 0 saturated heterocycles. The third-order valence-electron chi connectivity index (χ3n) is 6.48. The van der Waals surface area contributed by atoms with Gasteiger partial charge in [0.15, 0.2) is 0 Å². The lowest BCUT2D eigenvalue weighted by Gasteiger charge is -2.19. The van der Waals surface area contributed by atoms with Crippen molar-refractivity contribution in [1.29, 1.82) is 0 Å². The molecule has 1 amide bonds. The van der Waals surface area contributed by atoms with Gasteiger partial charge in [-0.2, -0.15) is 5.10 Å². The van der Waals surface area contributed by atoms with Gasteiger partial charge < -0.3 is 10.3 Å². The van der Waals surface area contributed by atoms with Gasteiger partial charge in [0.2, 0.25) is 0 Å². The Morgan fingerprint density at radius 1 is 0.967 bits per heavy atom. The van der Waals surface area contributed by atoms with Crippen LogP contribution in [0.2, 0.25) is 0 Å². The smallest absolute Gasteiger partial charge is 0.273 e. The Morgan fingerprint density at radius 3 is 2.20 bits per heavy atom. The van der Waals surface area contributed by atoms with Crippen LogP contribution in [0.15, 0.2) is 18.3 Å². The molecule has 3 aromatic heterocycles. The normalized spacial score (nSPS) is 11.1. The quantitative estimate of drug-likeness (QED) is 0.307. The van der Waals surface area contributed by atoms with E-state index in [0.717, 1.165) is 28.0 Å². The van der Waals surface area contributed by atoms with Gasteiger partial charge in [0.1, 0.15) is 50.6 Å². The lowest BCUT2D eigenvalue weighted by Crippen LogP contribution is -2.55. The van der Waals surface area contributed by atoms with Crippen molar-refractivity contribution in [3.63, 3.8) is 0 Å². The monoisotopic (exact) mass is 391 g/mol. The number of pyridine rings is 1. The van der Waals surface area contributed by atoms with Crippen LogP contribution in [-0.4, -0.2) is 65.3 Å². The number of nitrogens with one attached hydrogen (secondary N) is 3. The van der Waals surface area contributed by atoms with Crippen molar-refractivity contribution >= 4 is 89.2 Å². The van der Waals surface area contributed by atoms with Gasteiger partial charge in [-0.05, 0) is 31.5 Å². The molecule has 0 fully saturated rings. The molecule has 0 unspecified atom stereocenters. The highest BCUT2D eigenvalue weighted by Crippen LogP contribution is 2.23. The molecule has 11 heteroatoms. The van der Waals surface area contributed by atoms with Gasteiger partial charge in [-0.15, -0.1) is 16.4 Å². The van der Waals surface area contributed by atoms with Gasteiger partial charge in [0, 0.05) is 16.6 Å². The van der Waals surface area contributed by atoms with Crippen LogP contribution in [0.25, 0.3) is 22.3 Å². The van der Waals surface area contributed by atoms with Crippen LogP contribution in [-0.2, 0) is 0 Å². The fraction of sp³-hybridized carbons (Fsp3) is 0.105. The molecule has 0 spiro atoms. The Labute approximate surface area is 180 Å². The predicted octanol–water partition coefficient (Wildman–Crippen LogP) is -4.89. The summed E-state index contributed by atoms with van der Waals surface area (Å²) in [6.45, 7) is 3.75. The van der Waals surface area contributed by atoms with E-state index in [-0.39, 0.29) is 5.91 Å². The molecular formula is C19H22B5N5O. The number of aryl methyl sites for hydroxylation is 1. The number of H-pyrrole nitrogens is 2. The van der Waals surface area contributed by atoms with Crippen LogP contribution in [0.1, 0.15) is 21.7 Å². The minimum absolute atomic E-state index is 0.221. The average molecular weight is 390 g/mol. The molecule has 0 bridgehead atoms. The third kappa shape index (κ3) is 3.18. The first kappa shape index (κ1) is 20.2. The first-order valence-electron chi connectivity index (χ1n) is 10.1. The van der Waals surface area contributed by atoms with E-state index in [4.69, 9.17) is 0 Å². The maximum atomic E-state index is 12.6. The van der Waals surface area contributed by atoms with Gasteiger partial charge >= 0.3 is 0 Å². The number of rotatable bonds is 3. The number of anilines is 1. The van der Waals surface area contributed by atoms with Crippen LogP contribution >= 0.6 is 0 Å². The van der Waals surface area contributed by atoms with E-state index in [2.05, 4.69) is 70.8 Å². The van der Waals surface area contributed by atoms with Gasteiger partial charge in [0.05, 0.1) is 17.6 Å². The van der Waals surface area contributed by atoms with Crippen molar-refractivity contribution in [2.24, 2.45) is 0 Å². The second kappa shape index (κ2) is 7.31. The Hall–Kier alpha value is -3.09. The summed E-state index contributed by atoms with van der Waals surface area (Å²) in [5.74, 6) is -0.221. The zero-order valence-corrected chi connectivity index (χ0v) is 18.5. The molecule has 30 heavy (non-hydrogen) atoms. The maximum Gasteiger partial charge on any atom is 0.273 e. The average Bonchev–Trinajstić information content (AvgIpc) is 3.28. The molecule has 4 rings (SSSR count). The standard InChI is InChI=1S/C19H22B5N5O/c1-6-7(2)28-29-17(6)19(30)26-9-3-8-4-10(27-18(8)25-5-9)11-12(20)14(22)16(24)15(23)13(11)21/h3-5H,20-24H2,1-2H3,(H,25,27)(H,26,30)(H,28,29).